The first-order chi connectivity index (χ1) is 13.3. The van der Waals surface area contributed by atoms with E-state index in [1.54, 1.807) is 23.6 Å². The second kappa shape index (κ2) is 6.59. The fraction of sp³-hybridized carbons (Fsp3) is 0.211. The summed E-state index contributed by atoms with van der Waals surface area (Å²) in [5.74, 6) is -0.393. The zero-order valence-corrected chi connectivity index (χ0v) is 15.2. The van der Waals surface area contributed by atoms with Crippen LogP contribution in [0, 0.1) is 0 Å². The fourth-order valence-electron chi connectivity index (χ4n) is 2.98. The van der Waals surface area contributed by atoms with Crippen molar-refractivity contribution in [1.82, 2.24) is 10.3 Å². The SMILES string of the molecule is O=C(NC1(c2cccc[n+]2O)CC1)c1csc(-c2ccc(C(F)(F)F)cc2)n1. The zero-order chi connectivity index (χ0) is 19.9. The number of halogens is 3. The minimum Gasteiger partial charge on any atom is -0.335 e. The molecule has 9 heteroatoms. The predicted molar refractivity (Wildman–Crippen MR) is 94.8 cm³/mol. The van der Waals surface area contributed by atoms with Gasteiger partial charge in [0.1, 0.15) is 16.2 Å². The molecule has 2 N–H and O–H groups in total. The van der Waals surface area contributed by atoms with Crippen molar-refractivity contribution in [2.24, 2.45) is 0 Å². The molecule has 0 atom stereocenters. The van der Waals surface area contributed by atoms with Crippen molar-refractivity contribution in [1.29, 1.82) is 0 Å². The number of aromatic nitrogens is 2. The molecule has 1 saturated carbocycles. The van der Waals surface area contributed by atoms with Crippen LogP contribution in [0.1, 0.15) is 34.6 Å². The molecule has 144 valence electrons. The molecule has 2 heterocycles. The van der Waals surface area contributed by atoms with E-state index in [1.807, 2.05) is 0 Å². The summed E-state index contributed by atoms with van der Waals surface area (Å²) in [6.07, 6.45) is -1.52. The third-order valence-corrected chi connectivity index (χ3v) is 5.52. The average molecular weight is 406 g/mol. The first-order valence-electron chi connectivity index (χ1n) is 8.45. The van der Waals surface area contributed by atoms with Gasteiger partial charge < -0.3 is 5.32 Å². The standard InChI is InChI=1S/C19H14F3N3O2S/c20-19(21,22)13-6-4-12(5-7-13)17-23-14(11-28-17)16(26)24-18(8-9-18)15-3-1-2-10-25(15)27/h1-7,10-11H,8-9H2,(H-,24,26,27)/p+1. The lowest BCUT2D eigenvalue weighted by Gasteiger charge is -2.12. The molecule has 0 bridgehead atoms. The summed E-state index contributed by atoms with van der Waals surface area (Å²) in [5.41, 5.74) is -0.0881. The summed E-state index contributed by atoms with van der Waals surface area (Å²) in [7, 11) is 0. The Morgan fingerprint density at radius 1 is 1.18 bits per heavy atom. The number of rotatable bonds is 4. The Bertz CT molecular complexity index is 1030. The van der Waals surface area contributed by atoms with Gasteiger partial charge in [-0.2, -0.15) is 13.2 Å². The maximum atomic E-state index is 12.7. The Morgan fingerprint density at radius 2 is 1.89 bits per heavy atom. The van der Waals surface area contributed by atoms with Crippen LogP contribution < -0.4 is 10.0 Å². The lowest BCUT2D eigenvalue weighted by molar-refractivity contribution is -0.911. The van der Waals surface area contributed by atoms with Crippen molar-refractivity contribution in [2.45, 2.75) is 24.6 Å². The molecule has 0 radical (unpaired) electrons. The van der Waals surface area contributed by atoms with Crippen LogP contribution >= 0.6 is 11.3 Å². The minimum absolute atomic E-state index is 0.187. The van der Waals surface area contributed by atoms with Gasteiger partial charge in [-0.25, -0.2) is 4.98 Å². The highest BCUT2D eigenvalue weighted by molar-refractivity contribution is 7.13. The Labute approximate surface area is 162 Å². The highest BCUT2D eigenvalue weighted by Gasteiger charge is 2.53. The van der Waals surface area contributed by atoms with Crippen molar-refractivity contribution in [3.63, 3.8) is 0 Å². The van der Waals surface area contributed by atoms with Gasteiger partial charge in [0.15, 0.2) is 0 Å². The van der Waals surface area contributed by atoms with Gasteiger partial charge in [0, 0.05) is 27.8 Å². The number of nitrogens with zero attached hydrogens (tertiary/aromatic N) is 2. The van der Waals surface area contributed by atoms with Crippen LogP contribution in [0.25, 0.3) is 10.6 Å². The number of thiazole rings is 1. The highest BCUT2D eigenvalue weighted by atomic mass is 32.1. The molecule has 4 rings (SSSR count). The largest absolute Gasteiger partial charge is 0.416 e. The number of benzene rings is 1. The van der Waals surface area contributed by atoms with E-state index in [9.17, 15) is 23.2 Å². The Kier molecular flexibility index (Phi) is 4.34. The van der Waals surface area contributed by atoms with Gasteiger partial charge in [0.2, 0.25) is 6.20 Å². The van der Waals surface area contributed by atoms with E-state index in [-0.39, 0.29) is 5.69 Å². The maximum absolute atomic E-state index is 12.7. The third kappa shape index (κ3) is 3.45. The molecular formula is C19H15F3N3O2S+. The quantitative estimate of drug-likeness (QED) is 0.512. The molecule has 1 fully saturated rings. The number of carbonyl (C=O) groups is 1. The normalized spacial score (nSPS) is 15.2. The number of pyridine rings is 1. The van der Waals surface area contributed by atoms with Gasteiger partial charge in [0.25, 0.3) is 11.6 Å². The number of alkyl halides is 3. The van der Waals surface area contributed by atoms with Crippen molar-refractivity contribution in [3.05, 3.63) is 71.0 Å². The molecule has 2 aromatic heterocycles. The molecule has 1 aliphatic carbocycles. The highest BCUT2D eigenvalue weighted by Crippen LogP contribution is 2.44. The van der Waals surface area contributed by atoms with Crippen molar-refractivity contribution < 1.29 is 27.9 Å². The average Bonchev–Trinajstić information content (AvgIpc) is 3.26. The van der Waals surface area contributed by atoms with Crippen molar-refractivity contribution in [3.8, 4) is 10.6 Å². The van der Waals surface area contributed by atoms with E-state index >= 15 is 0 Å². The van der Waals surface area contributed by atoms with Crippen LogP contribution in [0.3, 0.4) is 0 Å². The summed E-state index contributed by atoms with van der Waals surface area (Å²) in [6.45, 7) is 0. The van der Waals surface area contributed by atoms with Crippen molar-refractivity contribution >= 4 is 17.2 Å². The molecule has 1 aromatic carbocycles. The molecular weight excluding hydrogens is 391 g/mol. The monoisotopic (exact) mass is 406 g/mol. The Hall–Kier alpha value is -2.94. The van der Waals surface area contributed by atoms with Crippen molar-refractivity contribution in [2.75, 3.05) is 0 Å². The van der Waals surface area contributed by atoms with Gasteiger partial charge in [-0.1, -0.05) is 12.1 Å². The predicted octanol–water partition coefficient (Wildman–Crippen LogP) is 3.77. The fourth-order valence-corrected chi connectivity index (χ4v) is 3.78. The molecule has 1 amide bonds. The lowest BCUT2D eigenvalue weighted by atomic mass is 10.1. The van der Waals surface area contributed by atoms with Crippen LogP contribution in [-0.4, -0.2) is 16.1 Å². The van der Waals surface area contributed by atoms with E-state index in [1.165, 1.54) is 29.7 Å². The number of nitrogens with one attached hydrogen (secondary N) is 1. The summed E-state index contributed by atoms with van der Waals surface area (Å²) in [5, 5.41) is 14.9. The number of hydrogen-bond acceptors (Lipinski definition) is 4. The second-order valence-corrected chi connectivity index (χ2v) is 7.44. The second-order valence-electron chi connectivity index (χ2n) is 6.58. The molecule has 0 unspecified atom stereocenters. The van der Waals surface area contributed by atoms with Crippen LogP contribution in [-0.2, 0) is 11.7 Å². The molecule has 0 aliphatic heterocycles. The molecule has 0 spiro atoms. The van der Waals surface area contributed by atoms with Gasteiger partial charge >= 0.3 is 6.18 Å². The van der Waals surface area contributed by atoms with Crippen LogP contribution in [0.15, 0.2) is 54.0 Å². The van der Waals surface area contributed by atoms with Gasteiger partial charge in [0.05, 0.1) is 5.56 Å². The smallest absolute Gasteiger partial charge is 0.335 e. The van der Waals surface area contributed by atoms with E-state index in [0.29, 0.717) is 29.1 Å². The number of hydrogen-bond donors (Lipinski definition) is 2. The number of amides is 1. The first kappa shape index (κ1) is 18.4. The van der Waals surface area contributed by atoms with Crippen LogP contribution in [0.4, 0.5) is 13.2 Å². The maximum Gasteiger partial charge on any atom is 0.416 e. The van der Waals surface area contributed by atoms with Gasteiger partial charge in [-0.3, -0.25) is 10.0 Å². The summed E-state index contributed by atoms with van der Waals surface area (Å²) >= 11 is 1.18. The van der Waals surface area contributed by atoms with E-state index in [4.69, 9.17) is 0 Å². The Morgan fingerprint density at radius 3 is 2.50 bits per heavy atom. The molecule has 5 nitrogen and oxygen atoms in total. The van der Waals surface area contributed by atoms with E-state index < -0.39 is 23.2 Å². The minimum atomic E-state index is -4.40. The topological polar surface area (TPSA) is 66.1 Å². The van der Waals surface area contributed by atoms with Gasteiger partial charge in [-0.05, 0) is 31.0 Å². The summed E-state index contributed by atoms with van der Waals surface area (Å²) < 4.78 is 39.0. The summed E-state index contributed by atoms with van der Waals surface area (Å²) in [4.78, 5) is 16.9. The molecule has 3 aromatic rings. The third-order valence-electron chi connectivity index (χ3n) is 4.63. The van der Waals surface area contributed by atoms with E-state index in [0.717, 1.165) is 16.9 Å². The lowest BCUT2D eigenvalue weighted by Crippen LogP contribution is -2.46. The number of carbonyl (C=O) groups excluding carboxylic acids is 1. The van der Waals surface area contributed by atoms with E-state index in [2.05, 4.69) is 10.3 Å². The van der Waals surface area contributed by atoms with Gasteiger partial charge in [-0.15, -0.1) is 11.3 Å². The molecule has 1 aliphatic rings. The molecule has 0 saturated heterocycles. The molecule has 28 heavy (non-hydrogen) atoms. The first-order valence-corrected chi connectivity index (χ1v) is 9.33. The Balaban J connectivity index is 1.52. The summed E-state index contributed by atoms with van der Waals surface area (Å²) in [6, 6.07) is 9.85. The van der Waals surface area contributed by atoms with Crippen LogP contribution in [0.2, 0.25) is 0 Å². The zero-order valence-electron chi connectivity index (χ0n) is 14.4. The van der Waals surface area contributed by atoms with Crippen LogP contribution in [0.5, 0.6) is 0 Å².